The number of carboxylic acids is 4. The van der Waals surface area contributed by atoms with E-state index >= 15 is 0 Å². The second-order valence-electron chi connectivity index (χ2n) is 5.07. The summed E-state index contributed by atoms with van der Waals surface area (Å²) in [7, 11) is 0. The molecule has 41 heavy (non-hydrogen) atoms. The van der Waals surface area contributed by atoms with Crippen molar-refractivity contribution in [2.45, 2.75) is 0 Å². The number of hydrogen-bond donors (Lipinski definition) is 8. The molecule has 3 heterocycles. The molecular formula is C12H13ClN12Na2O14. The molecule has 0 fully saturated rings. The van der Waals surface area contributed by atoms with Crippen LogP contribution in [0.15, 0.2) is 10.2 Å². The van der Waals surface area contributed by atoms with Crippen LogP contribution in [0.1, 0.15) is 21.2 Å². The number of carboxylic acid groups (broad SMARTS) is 4. The molecule has 26 nitrogen and oxygen atoms in total. The Kier molecular flexibility index (Phi) is 25.8. The van der Waals surface area contributed by atoms with E-state index in [9.17, 15) is 29.4 Å². The maximum Gasteiger partial charge on any atom is 1.00 e. The summed E-state index contributed by atoms with van der Waals surface area (Å²) in [5.74, 6) is -10.5. The van der Waals surface area contributed by atoms with E-state index in [4.69, 9.17) is 30.6 Å². The van der Waals surface area contributed by atoms with Crippen molar-refractivity contribution in [3.8, 4) is 0 Å². The zero-order valence-electron chi connectivity index (χ0n) is 20.0. The summed E-state index contributed by atoms with van der Waals surface area (Å²) in [6.45, 7) is 0. The number of rotatable bonds is 4. The average molecular weight is 631 g/mol. The Labute approximate surface area is 272 Å². The van der Waals surface area contributed by atoms with Gasteiger partial charge in [-0.05, 0) is 0 Å². The van der Waals surface area contributed by atoms with Crippen molar-refractivity contribution in [1.82, 2.24) is 51.6 Å². The predicted octanol–water partition coefficient (Wildman–Crippen LogP) is -15.3. The van der Waals surface area contributed by atoms with Crippen molar-refractivity contribution >= 4 is 59.8 Å². The minimum Gasteiger partial charge on any atom is -0.627 e. The number of aliphatic hydroxyl groups excluding tert-OH is 2. The summed E-state index contributed by atoms with van der Waals surface area (Å²) in [4.78, 5) is 40.6. The number of aliphatic carboxylic acids is 2. The van der Waals surface area contributed by atoms with Crippen LogP contribution in [0.2, 0.25) is 0 Å². The smallest absolute Gasteiger partial charge is 0.627 e. The topological polar surface area (TPSA) is 451 Å². The third-order valence-corrected chi connectivity index (χ3v) is 2.68. The van der Waals surface area contributed by atoms with Crippen LogP contribution < -0.4 is 91.1 Å². The fourth-order valence-electron chi connectivity index (χ4n) is 1.26. The summed E-state index contributed by atoms with van der Waals surface area (Å²) in [5.41, 5.74) is 2.61. The molecule has 2 aromatic rings. The molecule has 1 aliphatic heterocycles. The fourth-order valence-corrected chi connectivity index (χ4v) is 1.26. The Morgan fingerprint density at radius 1 is 0.512 bits per heavy atom. The molecule has 2 aromatic heterocycles. The minimum atomic E-state index is -1.41. The van der Waals surface area contributed by atoms with Gasteiger partial charge in [-0.25, -0.2) is 19.2 Å². The molecule has 12 N–H and O–H groups in total. The standard InChI is InChI=1S/2C4H4N4O4.C4H2N4O4.ClH.2Na.2H2O/c3*9-3(10)1-5-7-2(4(11)12)8-6-1;;;;;/h(H,5,6)(H,7,8)(H,9,10)(H,11,12);9-12H;(H,9,10)(H,11,12);1H;;;2*1H2/q;;;;2*+1;;/p-2. The quantitative estimate of drug-likeness (QED) is 0.145. The predicted molar refractivity (Wildman–Crippen MR) is 111 cm³/mol. The second-order valence-corrected chi connectivity index (χ2v) is 5.07. The van der Waals surface area contributed by atoms with Crippen LogP contribution in [-0.2, 0) is 9.59 Å². The number of nitrogens with one attached hydrogen (secondary N) is 2. The van der Waals surface area contributed by atoms with Gasteiger partial charge in [0.15, 0.2) is 0 Å². The second kappa shape index (κ2) is 22.6. The maximum absolute atomic E-state index is 10.2. The number of aliphatic hydroxyl groups is 2. The molecule has 0 saturated carbocycles. The Morgan fingerprint density at radius 3 is 0.902 bits per heavy atom. The van der Waals surface area contributed by atoms with E-state index in [-0.39, 0.29) is 82.5 Å². The molecule has 29 heteroatoms. The van der Waals surface area contributed by atoms with Gasteiger partial charge < -0.3 is 51.8 Å². The SMILES string of the molecule is Cl.O.O.O=C(O)C1=NNC(C(=O)O)=NN1.O=C(O)c1nnc(C(=O)O)nn1.[Na+].[Na+].[O-]C(O)=c1nnc(=C([O-])O)nn1. The van der Waals surface area contributed by atoms with Gasteiger partial charge in [0.05, 0.1) is 11.9 Å². The molecule has 0 bridgehead atoms. The molecule has 0 radical (unpaired) electrons. The van der Waals surface area contributed by atoms with Gasteiger partial charge >= 0.3 is 83.0 Å². The van der Waals surface area contributed by atoms with Crippen LogP contribution in [0.4, 0.5) is 0 Å². The molecule has 0 unspecified atom stereocenters. The van der Waals surface area contributed by atoms with Gasteiger partial charge in [0.25, 0.3) is 23.3 Å². The summed E-state index contributed by atoms with van der Waals surface area (Å²) in [6.07, 6.45) is 0. The summed E-state index contributed by atoms with van der Waals surface area (Å²) in [5, 5.41) is 100. The van der Waals surface area contributed by atoms with Crippen molar-refractivity contribution in [2.24, 2.45) is 10.2 Å². The summed E-state index contributed by atoms with van der Waals surface area (Å²) < 4.78 is 0. The molecule has 0 amide bonds. The van der Waals surface area contributed by atoms with E-state index < -0.39 is 70.0 Å². The fraction of sp³-hybridized carbons (Fsp3) is 0. The van der Waals surface area contributed by atoms with Crippen LogP contribution >= 0.6 is 12.4 Å². The van der Waals surface area contributed by atoms with Gasteiger partial charge in [-0.2, -0.15) is 0 Å². The van der Waals surface area contributed by atoms with Crippen molar-refractivity contribution in [3.05, 3.63) is 22.6 Å². The van der Waals surface area contributed by atoms with Gasteiger partial charge in [0, 0.05) is 0 Å². The number of nitrogens with zero attached hydrogens (tertiary/aromatic N) is 10. The Hall–Kier alpha value is -4.15. The first kappa shape index (κ1) is 46.7. The molecule has 0 spiro atoms. The maximum atomic E-state index is 10.2. The van der Waals surface area contributed by atoms with E-state index in [0.717, 1.165) is 0 Å². The number of halogens is 1. The van der Waals surface area contributed by atoms with Crippen molar-refractivity contribution in [3.63, 3.8) is 0 Å². The van der Waals surface area contributed by atoms with Crippen molar-refractivity contribution in [2.75, 3.05) is 0 Å². The van der Waals surface area contributed by atoms with Gasteiger partial charge in [0.2, 0.25) is 11.0 Å². The number of aromatic carboxylic acids is 2. The zero-order chi connectivity index (χ0) is 27.4. The van der Waals surface area contributed by atoms with E-state index in [0.29, 0.717) is 0 Å². The van der Waals surface area contributed by atoms with Crippen molar-refractivity contribution in [1.29, 1.82) is 0 Å². The number of amidine groups is 2. The Balaban J connectivity index is -0.000000149. The third-order valence-electron chi connectivity index (χ3n) is 2.68. The molecule has 214 valence electrons. The van der Waals surface area contributed by atoms with Crippen LogP contribution in [0.3, 0.4) is 0 Å². The van der Waals surface area contributed by atoms with Crippen molar-refractivity contribution < 1.29 is 130 Å². The molecule has 0 saturated heterocycles. The molecule has 0 aromatic carbocycles. The monoisotopic (exact) mass is 630 g/mol. The summed E-state index contributed by atoms with van der Waals surface area (Å²) in [6, 6.07) is 0. The van der Waals surface area contributed by atoms with Gasteiger partial charge in [-0.1, -0.05) is 0 Å². The first-order valence-electron chi connectivity index (χ1n) is 8.05. The number of aromatic nitrogens is 8. The molecular weight excluding hydrogens is 618 g/mol. The zero-order valence-corrected chi connectivity index (χ0v) is 24.8. The van der Waals surface area contributed by atoms with E-state index in [1.165, 1.54) is 0 Å². The minimum absolute atomic E-state index is 0. The first-order valence-corrected chi connectivity index (χ1v) is 8.05. The van der Waals surface area contributed by atoms with Crippen LogP contribution in [0, 0.1) is 0 Å². The molecule has 0 aliphatic carbocycles. The molecule has 0 atom stereocenters. The van der Waals surface area contributed by atoms with Gasteiger partial charge in [-0.3, -0.25) is 10.9 Å². The summed E-state index contributed by atoms with van der Waals surface area (Å²) >= 11 is 0. The Morgan fingerprint density at radius 2 is 0.756 bits per heavy atom. The number of carbonyl (C=O) groups is 4. The molecule has 1 aliphatic rings. The largest absolute Gasteiger partial charge is 1.00 e. The van der Waals surface area contributed by atoms with E-state index in [2.05, 4.69) is 51.0 Å². The van der Waals surface area contributed by atoms with Crippen LogP contribution in [0.5, 0.6) is 0 Å². The van der Waals surface area contributed by atoms with Gasteiger partial charge in [0.1, 0.15) is 0 Å². The third kappa shape index (κ3) is 16.5. The number of hydrogen-bond acceptors (Lipinski definition) is 20. The van der Waals surface area contributed by atoms with Crippen LogP contribution in [0.25, 0.3) is 11.9 Å². The van der Waals surface area contributed by atoms with Gasteiger partial charge in [-0.15, -0.1) is 63.4 Å². The van der Waals surface area contributed by atoms with E-state index in [1.54, 1.807) is 0 Å². The Bertz CT molecular complexity index is 1230. The average Bonchev–Trinajstić information content (AvgIpc) is 2.84. The first-order chi connectivity index (χ1) is 16.8. The number of hydrazone groups is 2. The normalized spacial score (nSPS) is 9.85. The molecule has 3 rings (SSSR count). The van der Waals surface area contributed by atoms with Crippen LogP contribution in [-0.4, -0.2) is 118 Å². The van der Waals surface area contributed by atoms with E-state index in [1.807, 2.05) is 10.9 Å².